The molecule has 0 atom stereocenters. The Kier molecular flexibility index (Phi) is 4.47. The molecule has 0 radical (unpaired) electrons. The van der Waals surface area contributed by atoms with Crippen LogP contribution in [0.5, 0.6) is 0 Å². The van der Waals surface area contributed by atoms with Gasteiger partial charge in [0.2, 0.25) is 5.82 Å². The van der Waals surface area contributed by atoms with Crippen LogP contribution >= 0.6 is 0 Å². The summed E-state index contributed by atoms with van der Waals surface area (Å²) >= 11 is 0. The van der Waals surface area contributed by atoms with Gasteiger partial charge in [0.25, 0.3) is 5.56 Å². The van der Waals surface area contributed by atoms with Crippen LogP contribution in [0.25, 0.3) is 11.3 Å². The number of rotatable bonds is 4. The zero-order chi connectivity index (χ0) is 18.8. The van der Waals surface area contributed by atoms with Crippen LogP contribution < -0.4 is 16.1 Å². The first-order valence-corrected chi connectivity index (χ1v) is 7.68. The average Bonchev–Trinajstić information content (AvgIpc) is 2.61. The molecule has 0 unspecified atom stereocenters. The number of aromatic amines is 2. The number of aliphatic carboxylic acids is 1. The Balaban J connectivity index is 2.05. The third-order valence-corrected chi connectivity index (χ3v) is 4.20. The highest BCUT2D eigenvalue weighted by molar-refractivity contribution is 5.77. The Morgan fingerprint density at radius 3 is 2.58 bits per heavy atom. The molecule has 2 aromatic heterocycles. The Bertz CT molecular complexity index is 974. The van der Waals surface area contributed by atoms with Crippen molar-refractivity contribution in [3.05, 3.63) is 43.5 Å². The predicted octanol–water partition coefficient (Wildman–Crippen LogP) is -0.271. The molecule has 12 heteroatoms. The molecule has 136 valence electrons. The molecule has 0 aliphatic carbocycles. The van der Waals surface area contributed by atoms with Crippen LogP contribution in [0.4, 0.5) is 11.5 Å². The van der Waals surface area contributed by atoms with Crippen molar-refractivity contribution in [1.82, 2.24) is 19.9 Å². The fourth-order valence-corrected chi connectivity index (χ4v) is 2.89. The number of piperidine rings is 1. The molecule has 0 aromatic carbocycles. The van der Waals surface area contributed by atoms with E-state index in [9.17, 15) is 24.5 Å². The highest BCUT2D eigenvalue weighted by Crippen LogP contribution is 2.35. The maximum Gasteiger partial charge on any atom is 0.337 e. The SMILES string of the molecule is O=C(O)C1CCN(c2ncnc(-c3c[nH]c(=O)[nH]c3=O)c2[N+](=O)[O-])CC1. The minimum absolute atomic E-state index is 0.00874. The summed E-state index contributed by atoms with van der Waals surface area (Å²) in [6, 6.07) is 0. The van der Waals surface area contributed by atoms with Gasteiger partial charge in [0, 0.05) is 19.3 Å². The van der Waals surface area contributed by atoms with Crippen LogP contribution in [-0.2, 0) is 4.79 Å². The van der Waals surface area contributed by atoms with Gasteiger partial charge >= 0.3 is 17.3 Å². The van der Waals surface area contributed by atoms with Crippen LogP contribution in [0.15, 0.2) is 22.1 Å². The smallest absolute Gasteiger partial charge is 0.337 e. The van der Waals surface area contributed by atoms with E-state index in [1.807, 2.05) is 4.98 Å². The van der Waals surface area contributed by atoms with Crippen LogP contribution in [0.3, 0.4) is 0 Å². The number of nitrogens with zero attached hydrogens (tertiary/aromatic N) is 4. The normalized spacial score (nSPS) is 15.0. The number of hydrogen-bond donors (Lipinski definition) is 3. The van der Waals surface area contributed by atoms with E-state index in [0.717, 1.165) is 12.5 Å². The van der Waals surface area contributed by atoms with Gasteiger partial charge in [0.05, 0.1) is 16.4 Å². The molecule has 0 saturated carbocycles. The monoisotopic (exact) mass is 362 g/mol. The second-order valence-corrected chi connectivity index (χ2v) is 5.74. The number of carboxylic acids is 1. The molecular weight excluding hydrogens is 348 g/mol. The van der Waals surface area contributed by atoms with Gasteiger partial charge in [-0.05, 0) is 12.8 Å². The number of nitro groups is 1. The Labute approximate surface area is 144 Å². The average molecular weight is 362 g/mol. The minimum Gasteiger partial charge on any atom is -0.481 e. The number of carbonyl (C=O) groups is 1. The first kappa shape index (κ1) is 17.3. The molecule has 0 amide bonds. The second-order valence-electron chi connectivity index (χ2n) is 5.74. The van der Waals surface area contributed by atoms with Crippen molar-refractivity contribution in [3.8, 4) is 11.3 Å². The van der Waals surface area contributed by atoms with E-state index in [-0.39, 0.29) is 30.2 Å². The summed E-state index contributed by atoms with van der Waals surface area (Å²) in [6.45, 7) is 0.548. The molecule has 1 aliphatic rings. The van der Waals surface area contributed by atoms with E-state index < -0.39 is 33.7 Å². The molecular formula is C14H14N6O6. The van der Waals surface area contributed by atoms with Gasteiger partial charge < -0.3 is 15.0 Å². The number of aromatic nitrogens is 4. The maximum atomic E-state index is 12.0. The maximum absolute atomic E-state index is 12.0. The van der Waals surface area contributed by atoms with Crippen LogP contribution in [-0.4, -0.2) is 49.0 Å². The molecule has 12 nitrogen and oxygen atoms in total. The van der Waals surface area contributed by atoms with Crippen LogP contribution in [0, 0.1) is 16.0 Å². The summed E-state index contributed by atoms with van der Waals surface area (Å²) in [7, 11) is 0. The summed E-state index contributed by atoms with van der Waals surface area (Å²) in [4.78, 5) is 58.8. The van der Waals surface area contributed by atoms with E-state index >= 15 is 0 Å². The molecule has 26 heavy (non-hydrogen) atoms. The van der Waals surface area contributed by atoms with Gasteiger partial charge in [-0.25, -0.2) is 14.8 Å². The quantitative estimate of drug-likeness (QED) is 0.488. The van der Waals surface area contributed by atoms with Gasteiger partial charge in [0.15, 0.2) is 5.69 Å². The third-order valence-electron chi connectivity index (χ3n) is 4.20. The molecule has 2 aromatic rings. The van der Waals surface area contributed by atoms with Crippen molar-refractivity contribution in [3.63, 3.8) is 0 Å². The number of anilines is 1. The summed E-state index contributed by atoms with van der Waals surface area (Å²) < 4.78 is 0. The standard InChI is InChI=1S/C14H14N6O6/c21-12-8(5-15-14(24)18-12)9-10(20(25)26)11(17-6-16-9)19-3-1-7(2-4-19)13(22)23/h5-7H,1-4H2,(H,22,23)(H2,15,18,21,24). The van der Waals surface area contributed by atoms with Crippen molar-refractivity contribution in [2.24, 2.45) is 5.92 Å². The van der Waals surface area contributed by atoms with E-state index in [4.69, 9.17) is 5.11 Å². The van der Waals surface area contributed by atoms with Crippen molar-refractivity contribution in [2.45, 2.75) is 12.8 Å². The number of nitrogens with one attached hydrogen (secondary N) is 2. The van der Waals surface area contributed by atoms with Gasteiger partial charge in [-0.15, -0.1) is 0 Å². The zero-order valence-corrected chi connectivity index (χ0v) is 13.3. The van der Waals surface area contributed by atoms with Gasteiger partial charge in [-0.2, -0.15) is 0 Å². The summed E-state index contributed by atoms with van der Waals surface area (Å²) in [5.41, 5.74) is -2.42. The zero-order valence-electron chi connectivity index (χ0n) is 13.3. The lowest BCUT2D eigenvalue weighted by Gasteiger charge is -2.30. The lowest BCUT2D eigenvalue weighted by molar-refractivity contribution is -0.383. The predicted molar refractivity (Wildman–Crippen MR) is 87.9 cm³/mol. The summed E-state index contributed by atoms with van der Waals surface area (Å²) in [6.07, 6.45) is 2.79. The van der Waals surface area contributed by atoms with Gasteiger partial charge in [-0.3, -0.25) is 24.7 Å². The van der Waals surface area contributed by atoms with Crippen molar-refractivity contribution in [2.75, 3.05) is 18.0 Å². The van der Waals surface area contributed by atoms with E-state index in [1.54, 1.807) is 4.90 Å². The van der Waals surface area contributed by atoms with E-state index in [2.05, 4.69) is 15.0 Å². The molecule has 3 N–H and O–H groups in total. The third kappa shape index (κ3) is 3.16. The van der Waals surface area contributed by atoms with Gasteiger partial charge in [-0.1, -0.05) is 0 Å². The molecule has 1 fully saturated rings. The number of carboxylic acid groups (broad SMARTS) is 1. The lowest BCUT2D eigenvalue weighted by atomic mass is 9.97. The first-order chi connectivity index (χ1) is 12.4. The Morgan fingerprint density at radius 2 is 2.00 bits per heavy atom. The molecule has 3 rings (SSSR count). The van der Waals surface area contributed by atoms with Gasteiger partial charge in [0.1, 0.15) is 6.33 Å². The first-order valence-electron chi connectivity index (χ1n) is 7.68. The molecule has 0 spiro atoms. The fourth-order valence-electron chi connectivity index (χ4n) is 2.89. The molecule has 1 saturated heterocycles. The Hall–Kier alpha value is -3.57. The van der Waals surface area contributed by atoms with Crippen LogP contribution in [0.1, 0.15) is 12.8 Å². The number of H-pyrrole nitrogens is 2. The fraction of sp³-hybridized carbons (Fsp3) is 0.357. The lowest BCUT2D eigenvalue weighted by Crippen LogP contribution is -2.37. The summed E-state index contributed by atoms with van der Waals surface area (Å²) in [5.74, 6) is -1.40. The second kappa shape index (κ2) is 6.74. The van der Waals surface area contributed by atoms with Crippen molar-refractivity contribution < 1.29 is 14.8 Å². The van der Waals surface area contributed by atoms with Crippen molar-refractivity contribution >= 4 is 17.5 Å². The van der Waals surface area contributed by atoms with Crippen molar-refractivity contribution in [1.29, 1.82) is 0 Å². The topological polar surface area (TPSA) is 175 Å². The van der Waals surface area contributed by atoms with E-state index in [1.165, 1.54) is 0 Å². The molecule has 3 heterocycles. The van der Waals surface area contributed by atoms with E-state index in [0.29, 0.717) is 12.8 Å². The summed E-state index contributed by atoms with van der Waals surface area (Å²) in [5, 5.41) is 20.7. The Morgan fingerprint density at radius 1 is 1.31 bits per heavy atom. The highest BCUT2D eigenvalue weighted by atomic mass is 16.6. The van der Waals surface area contributed by atoms with Crippen LogP contribution in [0.2, 0.25) is 0 Å². The number of hydrogen-bond acceptors (Lipinski definition) is 8. The minimum atomic E-state index is -0.901. The molecule has 1 aliphatic heterocycles. The largest absolute Gasteiger partial charge is 0.481 e. The molecule has 0 bridgehead atoms. The highest BCUT2D eigenvalue weighted by Gasteiger charge is 2.32.